The van der Waals surface area contributed by atoms with E-state index in [9.17, 15) is 9.59 Å². The summed E-state index contributed by atoms with van der Waals surface area (Å²) < 4.78 is 21.4. The number of carbonyl (C=O) groups excluding carboxylic acids is 2. The van der Waals surface area contributed by atoms with Crippen molar-refractivity contribution in [2.45, 2.75) is 0 Å². The zero-order valence-electron chi connectivity index (χ0n) is 14.7. The number of hydrogen-bond acceptors (Lipinski definition) is 6. The number of benzene rings is 1. The molecule has 0 saturated heterocycles. The van der Waals surface area contributed by atoms with Gasteiger partial charge < -0.3 is 18.9 Å². The molecule has 2 rings (SSSR count). The highest BCUT2D eigenvalue weighted by Crippen LogP contribution is 2.21. The summed E-state index contributed by atoms with van der Waals surface area (Å²) in [6, 6.07) is 6.84. The SMILES string of the molecule is O=C1c2ccccc2C(=O)N1CCOCCOCCOCCOCCBr. The summed E-state index contributed by atoms with van der Waals surface area (Å²) in [6.45, 7) is 4.16. The Hall–Kier alpha value is -1.32. The smallest absolute Gasteiger partial charge is 0.261 e. The molecule has 0 bridgehead atoms. The van der Waals surface area contributed by atoms with Gasteiger partial charge in [0, 0.05) is 5.33 Å². The summed E-state index contributed by atoms with van der Waals surface area (Å²) in [4.78, 5) is 25.5. The Morgan fingerprint density at radius 1 is 0.692 bits per heavy atom. The van der Waals surface area contributed by atoms with Gasteiger partial charge in [0.1, 0.15) is 0 Å². The molecule has 0 atom stereocenters. The lowest BCUT2D eigenvalue weighted by Gasteiger charge is -2.13. The maximum absolute atomic E-state index is 12.2. The van der Waals surface area contributed by atoms with Gasteiger partial charge in [0.05, 0.1) is 70.5 Å². The summed E-state index contributed by atoms with van der Waals surface area (Å²) in [7, 11) is 0. The molecule has 0 aliphatic carbocycles. The Labute approximate surface area is 161 Å². The van der Waals surface area contributed by atoms with E-state index in [0.29, 0.717) is 57.4 Å². The van der Waals surface area contributed by atoms with E-state index in [4.69, 9.17) is 18.9 Å². The number of carbonyl (C=O) groups is 2. The zero-order chi connectivity index (χ0) is 18.6. The van der Waals surface area contributed by atoms with Gasteiger partial charge >= 0.3 is 0 Å². The van der Waals surface area contributed by atoms with Gasteiger partial charge in [-0.2, -0.15) is 0 Å². The number of halogens is 1. The molecule has 2 amide bonds. The molecule has 8 heteroatoms. The van der Waals surface area contributed by atoms with Gasteiger partial charge in [-0.3, -0.25) is 14.5 Å². The lowest BCUT2D eigenvalue weighted by atomic mass is 10.1. The van der Waals surface area contributed by atoms with Crippen molar-refractivity contribution in [1.82, 2.24) is 4.90 Å². The predicted octanol–water partition coefficient (Wildman–Crippen LogP) is 1.74. The predicted molar refractivity (Wildman–Crippen MR) is 98.9 cm³/mol. The number of amides is 2. The molecule has 0 radical (unpaired) electrons. The molecule has 1 aromatic rings. The first-order chi connectivity index (χ1) is 12.8. The Bertz CT molecular complexity index is 548. The van der Waals surface area contributed by atoms with Crippen LogP contribution in [0.1, 0.15) is 20.7 Å². The van der Waals surface area contributed by atoms with Crippen LogP contribution in [-0.2, 0) is 18.9 Å². The van der Waals surface area contributed by atoms with Gasteiger partial charge in [0.25, 0.3) is 11.8 Å². The van der Waals surface area contributed by atoms with Crippen molar-refractivity contribution in [3.8, 4) is 0 Å². The topological polar surface area (TPSA) is 74.3 Å². The average Bonchev–Trinajstić information content (AvgIpc) is 2.90. The number of ether oxygens (including phenoxy) is 4. The number of rotatable bonds is 14. The first-order valence-electron chi connectivity index (χ1n) is 8.58. The second kappa shape index (κ2) is 12.1. The highest BCUT2D eigenvalue weighted by atomic mass is 79.9. The van der Waals surface area contributed by atoms with Crippen molar-refractivity contribution in [2.24, 2.45) is 0 Å². The molecule has 26 heavy (non-hydrogen) atoms. The quantitative estimate of drug-likeness (QED) is 0.254. The molecule has 0 fully saturated rings. The van der Waals surface area contributed by atoms with Crippen LogP contribution in [0.3, 0.4) is 0 Å². The number of fused-ring (bicyclic) bond motifs is 1. The highest BCUT2D eigenvalue weighted by Gasteiger charge is 2.34. The van der Waals surface area contributed by atoms with Crippen LogP contribution in [-0.4, -0.2) is 81.4 Å². The largest absolute Gasteiger partial charge is 0.378 e. The van der Waals surface area contributed by atoms with Crippen LogP contribution in [0.25, 0.3) is 0 Å². The van der Waals surface area contributed by atoms with Crippen molar-refractivity contribution >= 4 is 27.7 Å². The fourth-order valence-electron chi connectivity index (χ4n) is 2.41. The van der Waals surface area contributed by atoms with Crippen LogP contribution in [0.4, 0.5) is 0 Å². The van der Waals surface area contributed by atoms with E-state index in [-0.39, 0.29) is 25.0 Å². The second-order valence-corrected chi connectivity index (χ2v) is 6.24. The van der Waals surface area contributed by atoms with E-state index in [0.717, 1.165) is 5.33 Å². The molecule has 1 aliphatic heterocycles. The Morgan fingerprint density at radius 2 is 1.12 bits per heavy atom. The summed E-state index contributed by atoms with van der Waals surface area (Å²) in [5.41, 5.74) is 0.914. The standard InChI is InChI=1S/C18H24BrNO6/c19-5-7-23-9-11-25-13-14-26-12-10-24-8-6-20-17(21)15-3-1-2-4-16(15)18(20)22/h1-4H,5-14H2. The molecule has 1 aromatic carbocycles. The number of nitrogens with zero attached hydrogens (tertiary/aromatic N) is 1. The molecule has 0 unspecified atom stereocenters. The summed E-state index contributed by atoms with van der Waals surface area (Å²) in [5, 5.41) is 0.823. The van der Waals surface area contributed by atoms with Crippen LogP contribution in [0, 0.1) is 0 Å². The van der Waals surface area contributed by atoms with Crippen molar-refractivity contribution in [3.05, 3.63) is 35.4 Å². The number of alkyl halides is 1. The fourth-order valence-corrected chi connectivity index (χ4v) is 2.64. The molecule has 144 valence electrons. The van der Waals surface area contributed by atoms with Crippen LogP contribution in [0.2, 0.25) is 0 Å². The van der Waals surface area contributed by atoms with E-state index >= 15 is 0 Å². The third kappa shape index (κ3) is 6.44. The van der Waals surface area contributed by atoms with Gasteiger partial charge in [-0.25, -0.2) is 0 Å². The third-order valence-electron chi connectivity index (χ3n) is 3.67. The molecule has 0 saturated carbocycles. The molecule has 0 N–H and O–H groups in total. The maximum Gasteiger partial charge on any atom is 0.261 e. The van der Waals surface area contributed by atoms with E-state index in [2.05, 4.69) is 15.9 Å². The zero-order valence-corrected chi connectivity index (χ0v) is 16.2. The summed E-state index contributed by atoms with van der Waals surface area (Å²) in [6.07, 6.45) is 0. The van der Waals surface area contributed by atoms with Crippen LogP contribution >= 0.6 is 15.9 Å². The van der Waals surface area contributed by atoms with E-state index < -0.39 is 0 Å². The molecule has 0 aromatic heterocycles. The first kappa shape index (κ1) is 21.0. The Balaban J connectivity index is 1.46. The number of hydrogen-bond donors (Lipinski definition) is 0. The molecule has 1 heterocycles. The van der Waals surface area contributed by atoms with Crippen LogP contribution < -0.4 is 0 Å². The average molecular weight is 430 g/mol. The summed E-state index contributed by atoms with van der Waals surface area (Å²) in [5.74, 6) is -0.523. The lowest BCUT2D eigenvalue weighted by molar-refractivity contribution is -0.00173. The van der Waals surface area contributed by atoms with Gasteiger partial charge in [-0.1, -0.05) is 28.1 Å². The molecule has 0 spiro atoms. The van der Waals surface area contributed by atoms with E-state index in [1.54, 1.807) is 24.3 Å². The van der Waals surface area contributed by atoms with Crippen LogP contribution in [0.5, 0.6) is 0 Å². The maximum atomic E-state index is 12.2. The van der Waals surface area contributed by atoms with Gasteiger partial charge in [-0.15, -0.1) is 0 Å². The van der Waals surface area contributed by atoms with Crippen molar-refractivity contribution in [2.75, 3.05) is 64.7 Å². The van der Waals surface area contributed by atoms with Crippen molar-refractivity contribution < 1.29 is 28.5 Å². The minimum absolute atomic E-state index is 0.240. The minimum atomic E-state index is -0.261. The third-order valence-corrected chi connectivity index (χ3v) is 4.00. The summed E-state index contributed by atoms with van der Waals surface area (Å²) >= 11 is 3.28. The van der Waals surface area contributed by atoms with E-state index in [1.807, 2.05) is 0 Å². The van der Waals surface area contributed by atoms with Gasteiger partial charge in [0.2, 0.25) is 0 Å². The highest BCUT2D eigenvalue weighted by molar-refractivity contribution is 9.09. The Morgan fingerprint density at radius 3 is 1.58 bits per heavy atom. The van der Waals surface area contributed by atoms with Crippen molar-refractivity contribution in [1.29, 1.82) is 0 Å². The van der Waals surface area contributed by atoms with Gasteiger partial charge in [0.15, 0.2) is 0 Å². The second-order valence-electron chi connectivity index (χ2n) is 5.45. The fraction of sp³-hybridized carbons (Fsp3) is 0.556. The minimum Gasteiger partial charge on any atom is -0.378 e. The molecular formula is C18H24BrNO6. The molecule has 7 nitrogen and oxygen atoms in total. The van der Waals surface area contributed by atoms with Gasteiger partial charge in [-0.05, 0) is 12.1 Å². The Kier molecular flexibility index (Phi) is 9.80. The number of imide groups is 1. The van der Waals surface area contributed by atoms with Crippen molar-refractivity contribution in [3.63, 3.8) is 0 Å². The van der Waals surface area contributed by atoms with E-state index in [1.165, 1.54) is 4.90 Å². The normalized spacial score (nSPS) is 13.5. The molecular weight excluding hydrogens is 406 g/mol. The first-order valence-corrected chi connectivity index (χ1v) is 9.70. The van der Waals surface area contributed by atoms with Crippen LogP contribution in [0.15, 0.2) is 24.3 Å². The lowest BCUT2D eigenvalue weighted by Crippen LogP contribution is -2.33. The molecule has 1 aliphatic rings. The monoisotopic (exact) mass is 429 g/mol.